The van der Waals surface area contributed by atoms with Crippen LogP contribution in [0.5, 0.6) is 0 Å². The maximum Gasteiger partial charge on any atom is 0.270 e. The molecule has 0 aliphatic carbocycles. The number of nitrogens with one attached hydrogen (secondary N) is 2. The third-order valence-electron chi connectivity index (χ3n) is 5.24. The van der Waals surface area contributed by atoms with Crippen molar-refractivity contribution in [3.05, 3.63) is 64.8 Å². The lowest BCUT2D eigenvalue weighted by atomic mass is 10.2. The van der Waals surface area contributed by atoms with E-state index in [1.807, 2.05) is 54.3 Å². The van der Waals surface area contributed by atoms with Crippen LogP contribution in [0.4, 0.5) is 5.69 Å². The number of benzene rings is 2. The summed E-state index contributed by atoms with van der Waals surface area (Å²) in [5, 5.41) is 4.54. The molecule has 1 aliphatic rings. The normalized spacial score (nSPS) is 14.9. The second-order valence-electron chi connectivity index (χ2n) is 7.35. The first-order valence-electron chi connectivity index (χ1n) is 9.65. The van der Waals surface area contributed by atoms with E-state index >= 15 is 0 Å². The van der Waals surface area contributed by atoms with E-state index in [1.54, 1.807) is 6.07 Å². The summed E-state index contributed by atoms with van der Waals surface area (Å²) >= 11 is 6.11. The zero-order chi connectivity index (χ0) is 20.4. The second kappa shape index (κ2) is 8.27. The summed E-state index contributed by atoms with van der Waals surface area (Å²) in [6.07, 6.45) is 0. The first kappa shape index (κ1) is 19.5. The summed E-state index contributed by atoms with van der Waals surface area (Å²) in [6, 6.07) is 15.2. The number of rotatable bonds is 4. The van der Waals surface area contributed by atoms with Gasteiger partial charge in [-0.3, -0.25) is 14.5 Å². The Labute approximate surface area is 174 Å². The van der Waals surface area contributed by atoms with Gasteiger partial charge < -0.3 is 15.2 Å². The van der Waals surface area contributed by atoms with Crippen LogP contribution in [0.3, 0.4) is 0 Å². The number of amides is 2. The second-order valence-corrected chi connectivity index (χ2v) is 7.76. The Morgan fingerprint density at radius 1 is 1.07 bits per heavy atom. The van der Waals surface area contributed by atoms with Crippen molar-refractivity contribution < 1.29 is 9.59 Å². The Bertz CT molecular complexity index is 1020. The number of halogens is 1. The predicted octanol–water partition coefficient (Wildman–Crippen LogP) is 3.53. The molecule has 1 saturated heterocycles. The SMILES string of the molecule is Cc1ccc(NC(=O)CN2CCN(C(=O)c3cc4ccccc4[nH]3)CC2)cc1Cl. The van der Waals surface area contributed by atoms with Gasteiger partial charge in [-0.1, -0.05) is 35.9 Å². The number of aryl methyl sites for hydroxylation is 1. The van der Waals surface area contributed by atoms with Crippen LogP contribution in [0.1, 0.15) is 16.1 Å². The highest BCUT2D eigenvalue weighted by atomic mass is 35.5. The van der Waals surface area contributed by atoms with E-state index in [2.05, 4.69) is 15.2 Å². The van der Waals surface area contributed by atoms with Gasteiger partial charge in [0.15, 0.2) is 0 Å². The minimum absolute atomic E-state index is 0.000371. The molecular weight excluding hydrogens is 388 g/mol. The largest absolute Gasteiger partial charge is 0.351 e. The number of fused-ring (bicyclic) bond motifs is 1. The number of carbonyl (C=O) groups excluding carboxylic acids is 2. The molecule has 0 bridgehead atoms. The Morgan fingerprint density at radius 2 is 1.83 bits per heavy atom. The van der Waals surface area contributed by atoms with E-state index in [4.69, 9.17) is 11.6 Å². The molecule has 29 heavy (non-hydrogen) atoms. The quantitative estimate of drug-likeness (QED) is 0.691. The zero-order valence-electron chi connectivity index (χ0n) is 16.2. The van der Waals surface area contributed by atoms with Crippen LogP contribution in [0.2, 0.25) is 5.02 Å². The highest BCUT2D eigenvalue weighted by molar-refractivity contribution is 6.31. The van der Waals surface area contributed by atoms with Gasteiger partial charge in [-0.25, -0.2) is 0 Å². The van der Waals surface area contributed by atoms with Crippen molar-refractivity contribution in [3.8, 4) is 0 Å². The monoisotopic (exact) mass is 410 g/mol. The lowest BCUT2D eigenvalue weighted by Gasteiger charge is -2.34. The number of anilines is 1. The van der Waals surface area contributed by atoms with Gasteiger partial charge in [-0.15, -0.1) is 0 Å². The fourth-order valence-electron chi connectivity index (χ4n) is 3.54. The van der Waals surface area contributed by atoms with E-state index < -0.39 is 0 Å². The van der Waals surface area contributed by atoms with Crippen LogP contribution in [-0.4, -0.2) is 59.3 Å². The van der Waals surface area contributed by atoms with Crippen molar-refractivity contribution in [3.63, 3.8) is 0 Å². The molecule has 150 valence electrons. The van der Waals surface area contributed by atoms with Crippen molar-refractivity contribution >= 4 is 40.0 Å². The molecule has 1 aliphatic heterocycles. The molecule has 4 rings (SSSR count). The van der Waals surface area contributed by atoms with Crippen LogP contribution in [0, 0.1) is 6.92 Å². The molecule has 2 amide bonds. The molecule has 0 atom stereocenters. The Morgan fingerprint density at radius 3 is 2.55 bits per heavy atom. The fourth-order valence-corrected chi connectivity index (χ4v) is 3.72. The minimum Gasteiger partial charge on any atom is -0.351 e. The first-order valence-corrected chi connectivity index (χ1v) is 10.0. The summed E-state index contributed by atoms with van der Waals surface area (Å²) in [5.74, 6) is -0.0834. The zero-order valence-corrected chi connectivity index (χ0v) is 17.0. The van der Waals surface area contributed by atoms with Crippen molar-refractivity contribution in [2.75, 3.05) is 38.0 Å². The maximum absolute atomic E-state index is 12.8. The molecule has 6 nitrogen and oxygen atoms in total. The summed E-state index contributed by atoms with van der Waals surface area (Å²) < 4.78 is 0. The van der Waals surface area contributed by atoms with Gasteiger partial charge in [0.1, 0.15) is 5.69 Å². The van der Waals surface area contributed by atoms with Crippen molar-refractivity contribution in [2.45, 2.75) is 6.92 Å². The molecule has 3 aromatic rings. The lowest BCUT2D eigenvalue weighted by molar-refractivity contribution is -0.117. The summed E-state index contributed by atoms with van der Waals surface area (Å²) in [5.41, 5.74) is 3.23. The van der Waals surface area contributed by atoms with E-state index in [-0.39, 0.29) is 11.8 Å². The van der Waals surface area contributed by atoms with Gasteiger partial charge in [-0.2, -0.15) is 0 Å². The summed E-state index contributed by atoms with van der Waals surface area (Å²) in [4.78, 5) is 32.2. The van der Waals surface area contributed by atoms with E-state index in [0.717, 1.165) is 16.5 Å². The minimum atomic E-state index is -0.0830. The number of hydrogen-bond donors (Lipinski definition) is 2. The van der Waals surface area contributed by atoms with E-state index in [1.165, 1.54) is 0 Å². The highest BCUT2D eigenvalue weighted by Crippen LogP contribution is 2.20. The average molecular weight is 411 g/mol. The Hall–Kier alpha value is -2.83. The number of hydrogen-bond acceptors (Lipinski definition) is 3. The molecule has 0 saturated carbocycles. The van der Waals surface area contributed by atoms with Gasteiger partial charge >= 0.3 is 0 Å². The smallest absolute Gasteiger partial charge is 0.270 e. The Kier molecular flexibility index (Phi) is 5.56. The standard InChI is InChI=1S/C22H23ClN4O2/c1-15-6-7-17(13-18(15)23)24-21(28)14-26-8-10-27(11-9-26)22(29)20-12-16-4-2-3-5-19(16)25-20/h2-7,12-13,25H,8-11,14H2,1H3,(H,24,28). The summed E-state index contributed by atoms with van der Waals surface area (Å²) in [6.45, 7) is 4.72. The van der Waals surface area contributed by atoms with Crippen LogP contribution < -0.4 is 5.32 Å². The molecule has 1 fully saturated rings. The predicted molar refractivity (Wildman–Crippen MR) is 115 cm³/mol. The lowest BCUT2D eigenvalue weighted by Crippen LogP contribution is -2.50. The summed E-state index contributed by atoms with van der Waals surface area (Å²) in [7, 11) is 0. The third-order valence-corrected chi connectivity index (χ3v) is 5.65. The van der Waals surface area contributed by atoms with E-state index in [0.29, 0.717) is 49.1 Å². The van der Waals surface area contributed by atoms with Gasteiger partial charge in [0.25, 0.3) is 5.91 Å². The maximum atomic E-state index is 12.8. The number of piperazine rings is 1. The Balaban J connectivity index is 1.30. The fraction of sp³-hybridized carbons (Fsp3) is 0.273. The van der Waals surface area contributed by atoms with Crippen LogP contribution in [0.25, 0.3) is 10.9 Å². The number of aromatic amines is 1. The average Bonchev–Trinajstić information content (AvgIpc) is 3.15. The van der Waals surface area contributed by atoms with Crippen molar-refractivity contribution in [1.29, 1.82) is 0 Å². The topological polar surface area (TPSA) is 68.4 Å². The molecule has 0 radical (unpaired) electrons. The number of carbonyl (C=O) groups is 2. The number of aromatic nitrogens is 1. The number of para-hydroxylation sites is 1. The van der Waals surface area contributed by atoms with E-state index in [9.17, 15) is 9.59 Å². The molecule has 2 heterocycles. The number of nitrogens with zero attached hydrogens (tertiary/aromatic N) is 2. The molecule has 0 spiro atoms. The molecule has 0 unspecified atom stereocenters. The first-order chi connectivity index (χ1) is 14.0. The molecule has 1 aromatic heterocycles. The van der Waals surface area contributed by atoms with Gasteiger partial charge in [0.05, 0.1) is 6.54 Å². The third kappa shape index (κ3) is 4.44. The molecule has 2 N–H and O–H groups in total. The van der Waals surface area contributed by atoms with Crippen LogP contribution in [0.15, 0.2) is 48.5 Å². The number of H-pyrrole nitrogens is 1. The molecular formula is C22H23ClN4O2. The van der Waals surface area contributed by atoms with Gasteiger partial charge in [-0.05, 0) is 36.8 Å². The van der Waals surface area contributed by atoms with Gasteiger partial charge in [0, 0.05) is 47.8 Å². The van der Waals surface area contributed by atoms with Gasteiger partial charge in [0.2, 0.25) is 5.91 Å². The van der Waals surface area contributed by atoms with Crippen LogP contribution >= 0.6 is 11.6 Å². The van der Waals surface area contributed by atoms with Crippen LogP contribution in [-0.2, 0) is 4.79 Å². The van der Waals surface area contributed by atoms with Crippen molar-refractivity contribution in [2.24, 2.45) is 0 Å². The highest BCUT2D eigenvalue weighted by Gasteiger charge is 2.24. The molecule has 2 aromatic carbocycles. The molecule has 7 heteroatoms. The van der Waals surface area contributed by atoms with Crippen molar-refractivity contribution in [1.82, 2.24) is 14.8 Å².